The SMILES string of the molecule is Cc1ccc(O[C@@H]2CCN(C(=O)c3c(C)nn(C)c3C)C2)nn1. The van der Waals surface area contributed by atoms with Gasteiger partial charge in [0, 0.05) is 31.8 Å². The van der Waals surface area contributed by atoms with Gasteiger partial charge in [-0.3, -0.25) is 9.48 Å². The number of carbonyl (C=O) groups is 1. The van der Waals surface area contributed by atoms with Gasteiger partial charge in [0.1, 0.15) is 6.10 Å². The third kappa shape index (κ3) is 3.04. The Morgan fingerprint density at radius 2 is 2.04 bits per heavy atom. The van der Waals surface area contributed by atoms with Crippen molar-refractivity contribution in [2.45, 2.75) is 33.3 Å². The first kappa shape index (κ1) is 15.5. The molecule has 1 aliphatic rings. The first-order valence-corrected chi connectivity index (χ1v) is 7.72. The number of nitrogens with zero attached hydrogens (tertiary/aromatic N) is 5. The predicted molar refractivity (Wildman–Crippen MR) is 84.4 cm³/mol. The van der Waals surface area contributed by atoms with Crippen LogP contribution in [-0.4, -0.2) is 50.0 Å². The summed E-state index contributed by atoms with van der Waals surface area (Å²) in [6.07, 6.45) is 0.743. The van der Waals surface area contributed by atoms with Crippen molar-refractivity contribution in [2.24, 2.45) is 7.05 Å². The van der Waals surface area contributed by atoms with Gasteiger partial charge < -0.3 is 9.64 Å². The zero-order chi connectivity index (χ0) is 16.6. The average molecular weight is 315 g/mol. The van der Waals surface area contributed by atoms with Crippen LogP contribution < -0.4 is 4.74 Å². The van der Waals surface area contributed by atoms with E-state index in [9.17, 15) is 4.79 Å². The van der Waals surface area contributed by atoms with Crippen molar-refractivity contribution in [3.05, 3.63) is 34.8 Å². The molecule has 7 heteroatoms. The van der Waals surface area contributed by atoms with Gasteiger partial charge in [-0.25, -0.2) is 0 Å². The van der Waals surface area contributed by atoms with E-state index in [2.05, 4.69) is 15.3 Å². The van der Waals surface area contributed by atoms with Crippen molar-refractivity contribution in [2.75, 3.05) is 13.1 Å². The summed E-state index contributed by atoms with van der Waals surface area (Å²) in [7, 11) is 1.85. The van der Waals surface area contributed by atoms with Crippen molar-refractivity contribution in [1.82, 2.24) is 24.9 Å². The lowest BCUT2D eigenvalue weighted by Gasteiger charge is -2.17. The van der Waals surface area contributed by atoms with E-state index in [1.165, 1.54) is 0 Å². The molecule has 3 rings (SSSR count). The predicted octanol–water partition coefficient (Wildman–Crippen LogP) is 1.43. The van der Waals surface area contributed by atoms with E-state index in [-0.39, 0.29) is 12.0 Å². The van der Waals surface area contributed by atoms with Gasteiger partial charge in [0.15, 0.2) is 0 Å². The number of amides is 1. The van der Waals surface area contributed by atoms with E-state index in [4.69, 9.17) is 4.74 Å². The molecule has 23 heavy (non-hydrogen) atoms. The molecule has 122 valence electrons. The Morgan fingerprint density at radius 1 is 1.26 bits per heavy atom. The van der Waals surface area contributed by atoms with Crippen LogP contribution in [0.1, 0.15) is 33.9 Å². The Balaban J connectivity index is 1.67. The minimum Gasteiger partial charge on any atom is -0.471 e. The smallest absolute Gasteiger partial charge is 0.257 e. The lowest BCUT2D eigenvalue weighted by molar-refractivity contribution is 0.0769. The molecule has 0 unspecified atom stereocenters. The molecule has 0 bridgehead atoms. The van der Waals surface area contributed by atoms with Crippen LogP contribution in [0.2, 0.25) is 0 Å². The highest BCUT2D eigenvalue weighted by atomic mass is 16.5. The van der Waals surface area contributed by atoms with Crippen molar-refractivity contribution >= 4 is 5.91 Å². The minimum absolute atomic E-state index is 0.0224. The molecule has 0 spiro atoms. The van der Waals surface area contributed by atoms with E-state index < -0.39 is 0 Å². The standard InChI is InChI=1S/C16H21N5O2/c1-10-5-6-14(18-17-10)23-13-7-8-21(9-13)16(22)15-11(2)19-20(4)12(15)3/h5-6,13H,7-9H2,1-4H3/t13-/m1/s1. The number of aromatic nitrogens is 4. The fourth-order valence-electron chi connectivity index (χ4n) is 2.87. The van der Waals surface area contributed by atoms with Crippen molar-refractivity contribution < 1.29 is 9.53 Å². The zero-order valence-corrected chi connectivity index (χ0v) is 13.9. The van der Waals surface area contributed by atoms with Crippen molar-refractivity contribution in [3.8, 4) is 5.88 Å². The molecule has 0 aromatic carbocycles. The summed E-state index contributed by atoms with van der Waals surface area (Å²) < 4.78 is 7.57. The maximum absolute atomic E-state index is 12.7. The third-order valence-corrected chi connectivity index (χ3v) is 4.22. The summed E-state index contributed by atoms with van der Waals surface area (Å²) in [4.78, 5) is 14.6. The second-order valence-electron chi connectivity index (χ2n) is 5.96. The average Bonchev–Trinajstić information content (AvgIpc) is 3.07. The highest BCUT2D eigenvalue weighted by Gasteiger charge is 2.31. The maximum atomic E-state index is 12.7. The van der Waals surface area contributed by atoms with Crippen LogP contribution >= 0.6 is 0 Å². The molecular formula is C16H21N5O2. The van der Waals surface area contributed by atoms with Gasteiger partial charge in [-0.2, -0.15) is 10.2 Å². The van der Waals surface area contributed by atoms with Gasteiger partial charge in [-0.1, -0.05) is 0 Å². The van der Waals surface area contributed by atoms with Gasteiger partial charge in [-0.15, -0.1) is 5.10 Å². The molecule has 0 saturated carbocycles. The first-order valence-electron chi connectivity index (χ1n) is 7.72. The van der Waals surface area contributed by atoms with Gasteiger partial charge in [-0.05, 0) is 26.8 Å². The van der Waals surface area contributed by atoms with Crippen LogP contribution in [0.5, 0.6) is 5.88 Å². The Labute approximate surface area is 135 Å². The lowest BCUT2D eigenvalue weighted by Crippen LogP contribution is -2.31. The fraction of sp³-hybridized carbons (Fsp3) is 0.500. The van der Waals surface area contributed by atoms with Crippen LogP contribution in [0.15, 0.2) is 12.1 Å². The van der Waals surface area contributed by atoms with Crippen molar-refractivity contribution in [1.29, 1.82) is 0 Å². The summed E-state index contributed by atoms with van der Waals surface area (Å²) in [5.74, 6) is 0.526. The summed E-state index contributed by atoms with van der Waals surface area (Å²) >= 11 is 0. The lowest BCUT2D eigenvalue weighted by atomic mass is 10.2. The zero-order valence-electron chi connectivity index (χ0n) is 13.9. The second kappa shape index (κ2) is 5.98. The quantitative estimate of drug-likeness (QED) is 0.856. The number of ether oxygens (including phenoxy) is 1. The normalized spacial score (nSPS) is 17.6. The summed E-state index contributed by atoms with van der Waals surface area (Å²) in [5, 5.41) is 12.3. The number of likely N-dealkylation sites (tertiary alicyclic amines) is 1. The summed E-state index contributed by atoms with van der Waals surface area (Å²) in [6, 6.07) is 3.67. The molecule has 1 fully saturated rings. The summed E-state index contributed by atoms with van der Waals surface area (Å²) in [5.41, 5.74) is 3.21. The van der Waals surface area contributed by atoms with E-state index in [0.717, 1.165) is 23.5 Å². The van der Waals surface area contributed by atoms with E-state index in [1.807, 2.05) is 44.9 Å². The third-order valence-electron chi connectivity index (χ3n) is 4.22. The van der Waals surface area contributed by atoms with Gasteiger partial charge in [0.25, 0.3) is 5.91 Å². The molecule has 3 heterocycles. The van der Waals surface area contributed by atoms with Crippen LogP contribution in [-0.2, 0) is 7.05 Å². The Bertz CT molecular complexity index is 723. The number of hydrogen-bond donors (Lipinski definition) is 0. The molecule has 2 aromatic heterocycles. The number of hydrogen-bond acceptors (Lipinski definition) is 5. The highest BCUT2D eigenvalue weighted by Crippen LogP contribution is 2.21. The molecule has 0 aliphatic carbocycles. The number of carbonyl (C=O) groups excluding carboxylic acids is 1. The molecular weight excluding hydrogens is 294 g/mol. The van der Waals surface area contributed by atoms with Crippen LogP contribution in [0.4, 0.5) is 0 Å². The van der Waals surface area contributed by atoms with Gasteiger partial charge in [0.05, 0.1) is 23.5 Å². The second-order valence-corrected chi connectivity index (χ2v) is 5.96. The fourth-order valence-corrected chi connectivity index (χ4v) is 2.87. The van der Waals surface area contributed by atoms with Crippen molar-refractivity contribution in [3.63, 3.8) is 0 Å². The molecule has 1 amide bonds. The van der Waals surface area contributed by atoms with Crippen LogP contribution in [0.3, 0.4) is 0 Å². The maximum Gasteiger partial charge on any atom is 0.257 e. The molecule has 2 aromatic rings. The Morgan fingerprint density at radius 3 is 2.65 bits per heavy atom. The molecule has 0 radical (unpaired) electrons. The number of rotatable bonds is 3. The van der Waals surface area contributed by atoms with Crippen LogP contribution in [0, 0.1) is 20.8 Å². The van der Waals surface area contributed by atoms with E-state index in [0.29, 0.717) is 24.5 Å². The van der Waals surface area contributed by atoms with Gasteiger partial charge in [0.2, 0.25) is 5.88 Å². The van der Waals surface area contributed by atoms with E-state index in [1.54, 1.807) is 4.68 Å². The monoisotopic (exact) mass is 315 g/mol. The Hall–Kier alpha value is -2.44. The molecule has 0 N–H and O–H groups in total. The molecule has 1 aliphatic heterocycles. The molecule has 1 atom stereocenters. The molecule has 7 nitrogen and oxygen atoms in total. The molecule has 1 saturated heterocycles. The van der Waals surface area contributed by atoms with E-state index >= 15 is 0 Å². The summed E-state index contributed by atoms with van der Waals surface area (Å²) in [6.45, 7) is 6.90. The number of aryl methyl sites for hydroxylation is 3. The highest BCUT2D eigenvalue weighted by molar-refractivity contribution is 5.96. The minimum atomic E-state index is -0.0479. The Kier molecular flexibility index (Phi) is 4.02. The van der Waals surface area contributed by atoms with Gasteiger partial charge >= 0.3 is 0 Å². The topological polar surface area (TPSA) is 73.1 Å². The van der Waals surface area contributed by atoms with Crippen LogP contribution in [0.25, 0.3) is 0 Å². The largest absolute Gasteiger partial charge is 0.471 e. The first-order chi connectivity index (χ1) is 11.0.